The first-order chi connectivity index (χ1) is 10.2. The van der Waals surface area contributed by atoms with E-state index in [1.54, 1.807) is 7.11 Å². The van der Waals surface area contributed by atoms with Crippen LogP contribution < -0.4 is 11.1 Å². The molecule has 0 aromatic heterocycles. The van der Waals surface area contributed by atoms with Crippen LogP contribution in [-0.4, -0.2) is 32.2 Å². The summed E-state index contributed by atoms with van der Waals surface area (Å²) in [6.45, 7) is 0.968. The Morgan fingerprint density at radius 2 is 2.00 bits per heavy atom. The van der Waals surface area contributed by atoms with Crippen molar-refractivity contribution < 1.29 is 9.53 Å². The summed E-state index contributed by atoms with van der Waals surface area (Å²) >= 11 is 0. The summed E-state index contributed by atoms with van der Waals surface area (Å²) in [5.74, 6) is -0.115. The molecule has 116 valence electrons. The molecule has 0 spiro atoms. The van der Waals surface area contributed by atoms with Crippen LogP contribution in [0.4, 0.5) is 0 Å². The molecule has 1 aromatic carbocycles. The van der Waals surface area contributed by atoms with Crippen molar-refractivity contribution >= 4 is 5.91 Å². The second-order valence-corrected chi connectivity index (χ2v) is 6.15. The van der Waals surface area contributed by atoms with Gasteiger partial charge in [0.05, 0.1) is 6.61 Å². The quantitative estimate of drug-likeness (QED) is 0.806. The average Bonchev–Trinajstić information content (AvgIpc) is 2.95. The Morgan fingerprint density at radius 1 is 1.33 bits per heavy atom. The van der Waals surface area contributed by atoms with Crippen LogP contribution in [0.5, 0.6) is 0 Å². The normalized spacial score (nSPS) is 18.4. The van der Waals surface area contributed by atoms with Gasteiger partial charge in [-0.2, -0.15) is 0 Å². The van der Waals surface area contributed by atoms with Crippen molar-refractivity contribution in [1.82, 2.24) is 5.32 Å². The van der Waals surface area contributed by atoms with Gasteiger partial charge in [0.25, 0.3) is 0 Å². The van der Waals surface area contributed by atoms with E-state index in [0.29, 0.717) is 6.54 Å². The molecular formula is C17H26N2O2. The first kappa shape index (κ1) is 16.0. The van der Waals surface area contributed by atoms with E-state index >= 15 is 0 Å². The number of rotatable bonds is 7. The van der Waals surface area contributed by atoms with Crippen LogP contribution in [0.2, 0.25) is 0 Å². The number of carbonyl (C=O) groups is 1. The zero-order valence-corrected chi connectivity index (χ0v) is 12.8. The van der Waals surface area contributed by atoms with E-state index in [1.165, 1.54) is 31.2 Å². The van der Waals surface area contributed by atoms with E-state index < -0.39 is 6.04 Å². The van der Waals surface area contributed by atoms with Crippen molar-refractivity contribution in [3.63, 3.8) is 0 Å². The topological polar surface area (TPSA) is 64.3 Å². The Hall–Kier alpha value is -1.39. The van der Waals surface area contributed by atoms with Gasteiger partial charge in [-0.15, -0.1) is 0 Å². The molecule has 1 atom stereocenters. The summed E-state index contributed by atoms with van der Waals surface area (Å²) in [6.07, 6.45) is 5.84. The number of hydrogen-bond acceptors (Lipinski definition) is 3. The highest BCUT2D eigenvalue weighted by atomic mass is 16.5. The molecule has 1 amide bonds. The lowest BCUT2D eigenvalue weighted by Gasteiger charge is -2.30. The van der Waals surface area contributed by atoms with Gasteiger partial charge >= 0.3 is 0 Å². The summed E-state index contributed by atoms with van der Waals surface area (Å²) in [5.41, 5.74) is 7.30. The smallest absolute Gasteiger partial charge is 0.239 e. The van der Waals surface area contributed by atoms with Crippen molar-refractivity contribution in [2.75, 3.05) is 20.3 Å². The first-order valence-electron chi connectivity index (χ1n) is 7.71. The van der Waals surface area contributed by atoms with Crippen molar-refractivity contribution in [1.29, 1.82) is 0 Å². The number of amides is 1. The molecule has 1 unspecified atom stereocenters. The number of nitrogens with one attached hydrogen (secondary N) is 1. The van der Waals surface area contributed by atoms with Gasteiger partial charge in [0.1, 0.15) is 6.04 Å². The SMILES string of the molecule is COCC(N)C(=O)NCC1(Cc2ccccc2)CCCC1. The van der Waals surface area contributed by atoms with Crippen molar-refractivity contribution in [2.24, 2.45) is 11.1 Å². The van der Waals surface area contributed by atoms with Crippen molar-refractivity contribution in [3.05, 3.63) is 35.9 Å². The third-order valence-electron chi connectivity index (χ3n) is 4.41. The predicted octanol–water partition coefficient (Wildman–Crippen LogP) is 1.88. The van der Waals surface area contributed by atoms with E-state index in [9.17, 15) is 4.79 Å². The van der Waals surface area contributed by atoms with Crippen LogP contribution in [-0.2, 0) is 16.0 Å². The molecule has 4 heteroatoms. The number of carbonyl (C=O) groups excluding carboxylic acids is 1. The van der Waals surface area contributed by atoms with Crippen LogP contribution in [0, 0.1) is 5.41 Å². The number of nitrogens with two attached hydrogens (primary N) is 1. The van der Waals surface area contributed by atoms with E-state index in [4.69, 9.17) is 10.5 Å². The van der Waals surface area contributed by atoms with Gasteiger partial charge in [0.2, 0.25) is 5.91 Å². The Balaban J connectivity index is 1.94. The van der Waals surface area contributed by atoms with Crippen LogP contribution in [0.1, 0.15) is 31.2 Å². The number of hydrogen-bond donors (Lipinski definition) is 2. The maximum atomic E-state index is 12.0. The lowest BCUT2D eigenvalue weighted by atomic mass is 9.80. The summed E-state index contributed by atoms with van der Waals surface area (Å²) in [4.78, 5) is 12.0. The molecule has 0 bridgehead atoms. The fourth-order valence-electron chi connectivity index (χ4n) is 3.23. The summed E-state index contributed by atoms with van der Waals surface area (Å²) in [7, 11) is 1.56. The van der Waals surface area contributed by atoms with E-state index in [-0.39, 0.29) is 17.9 Å². The molecule has 4 nitrogen and oxygen atoms in total. The minimum absolute atomic E-state index is 0.115. The predicted molar refractivity (Wildman–Crippen MR) is 83.9 cm³/mol. The monoisotopic (exact) mass is 290 g/mol. The minimum atomic E-state index is -0.579. The largest absolute Gasteiger partial charge is 0.383 e. The second kappa shape index (κ2) is 7.57. The van der Waals surface area contributed by atoms with Gasteiger partial charge in [-0.1, -0.05) is 43.2 Å². The zero-order valence-electron chi connectivity index (χ0n) is 12.8. The lowest BCUT2D eigenvalue weighted by molar-refractivity contribution is -0.124. The van der Waals surface area contributed by atoms with E-state index in [0.717, 1.165) is 6.42 Å². The fraction of sp³-hybridized carbons (Fsp3) is 0.588. The van der Waals surface area contributed by atoms with Gasteiger partial charge in [-0.25, -0.2) is 0 Å². The van der Waals surface area contributed by atoms with E-state index in [1.807, 2.05) is 6.07 Å². The number of benzene rings is 1. The molecule has 1 aliphatic rings. The Morgan fingerprint density at radius 3 is 2.62 bits per heavy atom. The number of ether oxygens (including phenoxy) is 1. The molecule has 1 fully saturated rings. The number of methoxy groups -OCH3 is 1. The molecule has 0 aliphatic heterocycles. The lowest BCUT2D eigenvalue weighted by Crippen LogP contribution is -2.47. The second-order valence-electron chi connectivity index (χ2n) is 6.15. The molecule has 0 saturated heterocycles. The minimum Gasteiger partial charge on any atom is -0.383 e. The maximum Gasteiger partial charge on any atom is 0.239 e. The van der Waals surface area contributed by atoms with E-state index in [2.05, 4.69) is 29.6 Å². The summed E-state index contributed by atoms with van der Waals surface area (Å²) < 4.78 is 4.93. The molecule has 0 heterocycles. The van der Waals surface area contributed by atoms with Gasteiger partial charge < -0.3 is 15.8 Å². The Kier molecular flexibility index (Phi) is 5.76. The molecule has 3 N–H and O–H groups in total. The molecular weight excluding hydrogens is 264 g/mol. The third-order valence-corrected chi connectivity index (χ3v) is 4.41. The Labute approximate surface area is 127 Å². The first-order valence-corrected chi connectivity index (χ1v) is 7.71. The van der Waals surface area contributed by atoms with Crippen LogP contribution in [0.3, 0.4) is 0 Å². The van der Waals surface area contributed by atoms with Crippen LogP contribution in [0.25, 0.3) is 0 Å². The highest BCUT2D eigenvalue weighted by Crippen LogP contribution is 2.40. The molecule has 21 heavy (non-hydrogen) atoms. The van der Waals surface area contributed by atoms with Gasteiger partial charge in [0.15, 0.2) is 0 Å². The zero-order chi connectivity index (χ0) is 15.1. The van der Waals surface area contributed by atoms with Gasteiger partial charge in [0, 0.05) is 13.7 Å². The van der Waals surface area contributed by atoms with Gasteiger partial charge in [-0.05, 0) is 30.2 Å². The van der Waals surface area contributed by atoms with Gasteiger partial charge in [-0.3, -0.25) is 4.79 Å². The highest BCUT2D eigenvalue weighted by molar-refractivity contribution is 5.81. The van der Waals surface area contributed by atoms with Crippen molar-refractivity contribution in [2.45, 2.75) is 38.1 Å². The molecule has 0 radical (unpaired) electrons. The van der Waals surface area contributed by atoms with Crippen LogP contribution in [0.15, 0.2) is 30.3 Å². The fourth-order valence-corrected chi connectivity index (χ4v) is 3.23. The summed E-state index contributed by atoms with van der Waals surface area (Å²) in [5, 5.41) is 3.03. The third kappa shape index (κ3) is 4.55. The van der Waals surface area contributed by atoms with Crippen LogP contribution >= 0.6 is 0 Å². The molecule has 2 rings (SSSR count). The molecule has 1 aliphatic carbocycles. The molecule has 1 saturated carbocycles. The maximum absolute atomic E-state index is 12.0. The van der Waals surface area contributed by atoms with Crippen molar-refractivity contribution in [3.8, 4) is 0 Å². The molecule has 1 aromatic rings. The standard InChI is InChI=1S/C17H26N2O2/c1-21-12-15(18)16(20)19-13-17(9-5-6-10-17)11-14-7-3-2-4-8-14/h2-4,7-8,15H,5-6,9-13,18H2,1H3,(H,19,20). The summed E-state index contributed by atoms with van der Waals surface area (Å²) in [6, 6.07) is 9.94. The Bertz CT molecular complexity index is 441. The average molecular weight is 290 g/mol. The highest BCUT2D eigenvalue weighted by Gasteiger charge is 2.34.